The number of anilines is 1. The van der Waals surface area contributed by atoms with Gasteiger partial charge in [-0.05, 0) is 49.3 Å². The van der Waals surface area contributed by atoms with Crippen molar-refractivity contribution in [1.82, 2.24) is 14.9 Å². The molecule has 2 saturated heterocycles. The maximum absolute atomic E-state index is 12.8. The first-order chi connectivity index (χ1) is 15.0. The van der Waals surface area contributed by atoms with Gasteiger partial charge in [0, 0.05) is 19.6 Å². The molecule has 4 rings (SSSR count). The van der Waals surface area contributed by atoms with Crippen LogP contribution in [0, 0.1) is 0 Å². The lowest BCUT2D eigenvalue weighted by Crippen LogP contribution is -2.50. The third-order valence-electron chi connectivity index (χ3n) is 6.14. The van der Waals surface area contributed by atoms with Crippen molar-refractivity contribution in [3.05, 3.63) is 47.9 Å². The monoisotopic (exact) mass is 424 g/mol. The number of nitrogens with zero attached hydrogens (tertiary/aromatic N) is 4. The average Bonchev–Trinajstić information content (AvgIpc) is 2.81. The topological polar surface area (TPSA) is 78.8 Å². The highest BCUT2D eigenvalue weighted by Gasteiger charge is 2.31. The van der Waals surface area contributed by atoms with Gasteiger partial charge in [0.05, 0.1) is 25.0 Å². The molecule has 7 nitrogen and oxygen atoms in total. The lowest BCUT2D eigenvalue weighted by atomic mass is 10.0. The molecule has 7 heteroatoms. The Hall–Kier alpha value is -2.67. The van der Waals surface area contributed by atoms with Crippen LogP contribution < -0.4 is 9.64 Å². The Morgan fingerprint density at radius 1 is 1.16 bits per heavy atom. The summed E-state index contributed by atoms with van der Waals surface area (Å²) in [7, 11) is 0. The van der Waals surface area contributed by atoms with Crippen LogP contribution in [0.3, 0.4) is 0 Å². The molecule has 0 bridgehead atoms. The second-order valence-corrected chi connectivity index (χ2v) is 8.80. The van der Waals surface area contributed by atoms with Crippen molar-refractivity contribution < 1.29 is 14.6 Å². The third kappa shape index (κ3) is 5.15. The standard InChI is InChI=1S/C24H32N4O3/c1-17(2)18-7-6-8-19(13-18)31-22-16-28(12-9-21(22)29)23-15-25-14-20(26-23)24(30)27-10-4-3-5-11-27/h6-8,13-15,17,21-22,29H,3-5,9-12,16H2,1-2H3/t21-,22-/m1/s1. The number of aliphatic hydroxyl groups is 1. The molecule has 0 radical (unpaired) electrons. The van der Waals surface area contributed by atoms with Gasteiger partial charge in [0.25, 0.3) is 5.91 Å². The zero-order chi connectivity index (χ0) is 21.8. The Morgan fingerprint density at radius 2 is 1.97 bits per heavy atom. The van der Waals surface area contributed by atoms with Gasteiger partial charge in [-0.25, -0.2) is 4.98 Å². The van der Waals surface area contributed by atoms with E-state index < -0.39 is 6.10 Å². The predicted octanol–water partition coefficient (Wildman–Crippen LogP) is 3.24. The van der Waals surface area contributed by atoms with Gasteiger partial charge in [0.15, 0.2) is 0 Å². The molecule has 1 amide bonds. The van der Waals surface area contributed by atoms with Crippen LogP contribution in [-0.4, -0.2) is 64.3 Å². The van der Waals surface area contributed by atoms with E-state index in [4.69, 9.17) is 4.74 Å². The van der Waals surface area contributed by atoms with Crippen molar-refractivity contribution in [3.63, 3.8) is 0 Å². The molecule has 2 fully saturated rings. The second-order valence-electron chi connectivity index (χ2n) is 8.80. The average molecular weight is 425 g/mol. The highest BCUT2D eigenvalue weighted by molar-refractivity contribution is 5.92. The van der Waals surface area contributed by atoms with Gasteiger partial charge in [0.1, 0.15) is 23.4 Å². The van der Waals surface area contributed by atoms with Crippen LogP contribution in [0.5, 0.6) is 5.75 Å². The van der Waals surface area contributed by atoms with E-state index in [1.165, 1.54) is 12.0 Å². The number of hydrogen-bond acceptors (Lipinski definition) is 6. The first-order valence-corrected chi connectivity index (χ1v) is 11.3. The van der Waals surface area contributed by atoms with Crippen molar-refractivity contribution in [3.8, 4) is 5.75 Å². The van der Waals surface area contributed by atoms with Gasteiger partial charge in [-0.15, -0.1) is 0 Å². The van der Waals surface area contributed by atoms with Crippen molar-refractivity contribution in [2.75, 3.05) is 31.1 Å². The number of carbonyl (C=O) groups excluding carboxylic acids is 1. The molecule has 166 valence electrons. The van der Waals surface area contributed by atoms with Gasteiger partial charge in [-0.2, -0.15) is 0 Å². The summed E-state index contributed by atoms with van der Waals surface area (Å²) in [6.07, 6.45) is 6.13. The van der Waals surface area contributed by atoms with E-state index in [0.717, 1.165) is 31.7 Å². The summed E-state index contributed by atoms with van der Waals surface area (Å²) in [5.74, 6) is 1.77. The molecule has 0 saturated carbocycles. The van der Waals surface area contributed by atoms with E-state index in [1.807, 2.05) is 28.0 Å². The number of carbonyl (C=O) groups is 1. The van der Waals surface area contributed by atoms with Crippen LogP contribution in [0.25, 0.3) is 0 Å². The van der Waals surface area contributed by atoms with E-state index in [2.05, 4.69) is 29.9 Å². The van der Waals surface area contributed by atoms with Gasteiger partial charge < -0.3 is 19.6 Å². The Morgan fingerprint density at radius 3 is 2.74 bits per heavy atom. The number of piperidine rings is 2. The SMILES string of the molecule is CC(C)c1cccc(O[C@@H]2CN(c3cncc(C(=O)N4CCCCC4)n3)CC[C@H]2O)c1. The molecule has 0 unspecified atom stereocenters. The quantitative estimate of drug-likeness (QED) is 0.794. The number of rotatable bonds is 5. The van der Waals surface area contributed by atoms with Crippen molar-refractivity contribution in [1.29, 1.82) is 0 Å². The summed E-state index contributed by atoms with van der Waals surface area (Å²) < 4.78 is 6.17. The molecule has 31 heavy (non-hydrogen) atoms. The molecule has 0 spiro atoms. The molecule has 0 aliphatic carbocycles. The molecular formula is C24H32N4O3. The van der Waals surface area contributed by atoms with Crippen molar-refractivity contribution >= 4 is 11.7 Å². The fourth-order valence-corrected chi connectivity index (χ4v) is 4.22. The van der Waals surface area contributed by atoms with E-state index in [1.54, 1.807) is 12.4 Å². The highest BCUT2D eigenvalue weighted by atomic mass is 16.5. The first kappa shape index (κ1) is 21.6. The molecule has 1 N–H and O–H groups in total. The minimum Gasteiger partial charge on any atom is -0.486 e. The van der Waals surface area contributed by atoms with Crippen molar-refractivity contribution in [2.24, 2.45) is 0 Å². The normalized spacial score (nSPS) is 21.9. The number of aliphatic hydroxyl groups excluding tert-OH is 1. The Bertz CT molecular complexity index is 898. The zero-order valence-electron chi connectivity index (χ0n) is 18.4. The summed E-state index contributed by atoms with van der Waals surface area (Å²) in [5, 5.41) is 10.5. The van der Waals surface area contributed by atoms with Gasteiger partial charge in [0.2, 0.25) is 0 Å². The Balaban J connectivity index is 1.46. The fraction of sp³-hybridized carbons (Fsp3) is 0.542. The van der Waals surface area contributed by atoms with E-state index in [0.29, 0.717) is 36.9 Å². The van der Waals surface area contributed by atoms with E-state index in [-0.39, 0.29) is 12.0 Å². The summed E-state index contributed by atoms with van der Waals surface area (Å²) >= 11 is 0. The van der Waals surface area contributed by atoms with Crippen LogP contribution in [0.15, 0.2) is 36.7 Å². The van der Waals surface area contributed by atoms with Crippen LogP contribution >= 0.6 is 0 Å². The number of ether oxygens (including phenoxy) is 1. The predicted molar refractivity (Wildman–Crippen MR) is 120 cm³/mol. The molecular weight excluding hydrogens is 392 g/mol. The molecule has 3 heterocycles. The molecule has 1 aromatic carbocycles. The zero-order valence-corrected chi connectivity index (χ0v) is 18.4. The Labute approximate surface area is 184 Å². The minimum absolute atomic E-state index is 0.0515. The Kier molecular flexibility index (Phi) is 6.70. The van der Waals surface area contributed by atoms with Gasteiger partial charge in [-0.3, -0.25) is 9.78 Å². The molecule has 2 aromatic rings. The third-order valence-corrected chi connectivity index (χ3v) is 6.14. The second kappa shape index (κ2) is 9.64. The maximum Gasteiger partial charge on any atom is 0.274 e. The van der Waals surface area contributed by atoms with Gasteiger partial charge >= 0.3 is 0 Å². The molecule has 2 atom stereocenters. The molecule has 2 aliphatic rings. The van der Waals surface area contributed by atoms with Crippen LogP contribution in [0.1, 0.15) is 61.5 Å². The number of likely N-dealkylation sites (tertiary alicyclic amines) is 1. The summed E-state index contributed by atoms with van der Waals surface area (Å²) in [5.41, 5.74) is 1.59. The van der Waals surface area contributed by atoms with Crippen molar-refractivity contribution in [2.45, 2.75) is 57.7 Å². The highest BCUT2D eigenvalue weighted by Crippen LogP contribution is 2.25. The summed E-state index contributed by atoms with van der Waals surface area (Å²) in [6.45, 7) is 6.99. The largest absolute Gasteiger partial charge is 0.486 e. The fourth-order valence-electron chi connectivity index (χ4n) is 4.22. The summed E-state index contributed by atoms with van der Waals surface area (Å²) in [4.78, 5) is 25.6. The maximum atomic E-state index is 12.8. The molecule has 1 aromatic heterocycles. The number of benzene rings is 1. The van der Waals surface area contributed by atoms with Gasteiger partial charge in [-0.1, -0.05) is 26.0 Å². The van der Waals surface area contributed by atoms with Crippen LogP contribution in [-0.2, 0) is 0 Å². The molecule has 2 aliphatic heterocycles. The van der Waals surface area contributed by atoms with Crippen LogP contribution in [0.4, 0.5) is 5.82 Å². The first-order valence-electron chi connectivity index (χ1n) is 11.3. The minimum atomic E-state index is -0.551. The number of amides is 1. The van der Waals surface area contributed by atoms with Crippen LogP contribution in [0.2, 0.25) is 0 Å². The van der Waals surface area contributed by atoms with E-state index in [9.17, 15) is 9.90 Å². The summed E-state index contributed by atoms with van der Waals surface area (Å²) in [6, 6.07) is 8.03. The van der Waals surface area contributed by atoms with E-state index >= 15 is 0 Å². The smallest absolute Gasteiger partial charge is 0.274 e. The number of aromatic nitrogens is 2. The lowest BCUT2D eigenvalue weighted by molar-refractivity contribution is 0.0233. The number of hydrogen-bond donors (Lipinski definition) is 1. The lowest BCUT2D eigenvalue weighted by Gasteiger charge is -2.36.